The highest BCUT2D eigenvalue weighted by atomic mass is 16.5. The van der Waals surface area contributed by atoms with Crippen molar-refractivity contribution in [1.29, 1.82) is 0 Å². The second-order valence-corrected chi connectivity index (χ2v) is 16.3. The topological polar surface area (TPSA) is 26.3 Å². The molecule has 0 aromatic rings. The number of ether oxygens (including phenoxy) is 1. The molecule has 3 rings (SSSR count). The molecular weight excluding hydrogens is 548 g/mol. The van der Waals surface area contributed by atoms with Crippen molar-refractivity contribution >= 4 is 5.97 Å². The van der Waals surface area contributed by atoms with E-state index in [4.69, 9.17) is 4.74 Å². The van der Waals surface area contributed by atoms with Crippen LogP contribution in [0.25, 0.3) is 0 Å². The van der Waals surface area contributed by atoms with Gasteiger partial charge in [0.2, 0.25) is 0 Å². The van der Waals surface area contributed by atoms with Crippen molar-refractivity contribution in [2.24, 2.45) is 29.1 Å². The van der Waals surface area contributed by atoms with E-state index >= 15 is 0 Å². The van der Waals surface area contributed by atoms with Crippen molar-refractivity contribution in [3.05, 3.63) is 35.5 Å². The average molecular weight is 623 g/mol. The van der Waals surface area contributed by atoms with Gasteiger partial charge >= 0.3 is 5.97 Å². The first kappa shape index (κ1) is 38.1. The quantitative estimate of drug-likeness (QED) is 0.0940. The van der Waals surface area contributed by atoms with Gasteiger partial charge in [0, 0.05) is 12.8 Å². The molecule has 0 aromatic carbocycles. The van der Waals surface area contributed by atoms with E-state index in [1.54, 1.807) is 5.57 Å². The number of hydrogen-bond acceptors (Lipinski definition) is 2. The highest BCUT2D eigenvalue weighted by Gasteiger charge is 2.50. The second kappa shape index (κ2) is 20.8. The molecule has 0 aliphatic heterocycles. The second-order valence-electron chi connectivity index (χ2n) is 16.3. The van der Waals surface area contributed by atoms with Gasteiger partial charge in [-0.05, 0) is 86.0 Å². The zero-order chi connectivity index (χ0) is 32.5. The van der Waals surface area contributed by atoms with Gasteiger partial charge < -0.3 is 4.74 Å². The van der Waals surface area contributed by atoms with Gasteiger partial charge in [0.1, 0.15) is 6.10 Å². The Morgan fingerprint density at radius 1 is 0.844 bits per heavy atom. The average Bonchev–Trinajstić information content (AvgIpc) is 3.37. The summed E-state index contributed by atoms with van der Waals surface area (Å²) in [7, 11) is 0. The number of carbonyl (C=O) groups is 1. The van der Waals surface area contributed by atoms with Crippen molar-refractivity contribution in [2.45, 2.75) is 201 Å². The van der Waals surface area contributed by atoms with Crippen molar-refractivity contribution in [1.82, 2.24) is 0 Å². The largest absolute Gasteiger partial charge is 0.462 e. The number of hydrogen-bond donors (Lipinski definition) is 0. The summed E-state index contributed by atoms with van der Waals surface area (Å²) in [5.74, 6) is 3.28. The van der Waals surface area contributed by atoms with Crippen LogP contribution in [0.5, 0.6) is 0 Å². The Bertz CT molecular complexity index is 924. The lowest BCUT2D eigenvalue weighted by Gasteiger charge is -2.44. The molecule has 45 heavy (non-hydrogen) atoms. The summed E-state index contributed by atoms with van der Waals surface area (Å²) in [5, 5.41) is 0. The first-order valence-electron chi connectivity index (χ1n) is 20.0. The molecule has 3 fully saturated rings. The lowest BCUT2D eigenvalue weighted by molar-refractivity contribution is -0.149. The number of fused-ring (bicyclic) bond motifs is 1. The van der Waals surface area contributed by atoms with Gasteiger partial charge in [-0.1, -0.05) is 161 Å². The Balaban J connectivity index is 1.37. The van der Waals surface area contributed by atoms with Gasteiger partial charge in [-0.25, -0.2) is 0 Å². The standard InChI is InChI=1S/C43H74O2/c1-7-8-9-10-11-12-13-14-15-16-17-18-19-25-42(44)45-39-29-26-35(4)38(33-39)28-27-37-24-21-32-43(6)40(30-31-41(37)43)36(5)23-20-22-34(2)3/h27-28,34,36,39-41H,4,7-26,29-33H2,1-3,5-6H3/b37-27?,38-28-/t36-,39+,40-,41?,43-/m1/s1. The molecule has 0 amide bonds. The number of carbonyl (C=O) groups excluding carboxylic acids is 1. The Morgan fingerprint density at radius 3 is 2.13 bits per heavy atom. The SMILES string of the molecule is C=C1CC[C@H](OC(=O)CCCCCCCCCCCCCCC)C/C1=C/C=C1CCC[C@@]2(C)C1CC[C@@H]2[C@H](C)CCCC(C)C. The molecule has 0 radical (unpaired) electrons. The molecule has 2 nitrogen and oxygen atoms in total. The maximum atomic E-state index is 12.7. The Hall–Kier alpha value is -1.31. The predicted molar refractivity (Wildman–Crippen MR) is 195 cm³/mol. The monoisotopic (exact) mass is 623 g/mol. The van der Waals surface area contributed by atoms with Crippen LogP contribution in [0.4, 0.5) is 0 Å². The van der Waals surface area contributed by atoms with Gasteiger partial charge in [-0.2, -0.15) is 0 Å². The molecule has 0 bridgehead atoms. The molecule has 3 aliphatic carbocycles. The van der Waals surface area contributed by atoms with Gasteiger partial charge in [-0.3, -0.25) is 4.79 Å². The number of unbranched alkanes of at least 4 members (excludes halogenated alkanes) is 12. The summed E-state index contributed by atoms with van der Waals surface area (Å²) < 4.78 is 6.00. The van der Waals surface area contributed by atoms with E-state index < -0.39 is 0 Å². The molecule has 0 heterocycles. The van der Waals surface area contributed by atoms with Crippen LogP contribution >= 0.6 is 0 Å². The number of esters is 1. The maximum Gasteiger partial charge on any atom is 0.306 e. The Morgan fingerprint density at radius 2 is 1.49 bits per heavy atom. The molecule has 0 aromatic heterocycles. The smallest absolute Gasteiger partial charge is 0.306 e. The van der Waals surface area contributed by atoms with E-state index in [0.717, 1.165) is 55.8 Å². The fraction of sp³-hybridized carbons (Fsp3) is 0.837. The first-order chi connectivity index (χ1) is 21.7. The summed E-state index contributed by atoms with van der Waals surface area (Å²) in [4.78, 5) is 12.7. The van der Waals surface area contributed by atoms with E-state index in [9.17, 15) is 4.79 Å². The van der Waals surface area contributed by atoms with Crippen molar-refractivity contribution in [3.8, 4) is 0 Å². The van der Waals surface area contributed by atoms with Crippen LogP contribution in [0.1, 0.15) is 195 Å². The zero-order valence-electron chi connectivity index (χ0n) is 30.7. The van der Waals surface area contributed by atoms with E-state index in [-0.39, 0.29) is 12.1 Å². The van der Waals surface area contributed by atoms with Gasteiger partial charge in [0.25, 0.3) is 0 Å². The van der Waals surface area contributed by atoms with Crippen molar-refractivity contribution in [2.75, 3.05) is 0 Å². The lowest BCUT2D eigenvalue weighted by Crippen LogP contribution is -2.36. The first-order valence-corrected chi connectivity index (χ1v) is 20.0. The Kier molecular flexibility index (Phi) is 17.7. The fourth-order valence-corrected chi connectivity index (χ4v) is 9.28. The van der Waals surface area contributed by atoms with Crippen LogP contribution < -0.4 is 0 Å². The molecule has 2 heteroatoms. The minimum Gasteiger partial charge on any atom is -0.462 e. The number of rotatable bonds is 21. The summed E-state index contributed by atoms with van der Waals surface area (Å²) in [5.41, 5.74) is 4.71. The van der Waals surface area contributed by atoms with Crippen LogP contribution in [0, 0.1) is 29.1 Å². The van der Waals surface area contributed by atoms with Crippen LogP contribution in [0.2, 0.25) is 0 Å². The van der Waals surface area contributed by atoms with Crippen LogP contribution in [-0.4, -0.2) is 12.1 Å². The van der Waals surface area contributed by atoms with Gasteiger partial charge in [0.15, 0.2) is 0 Å². The van der Waals surface area contributed by atoms with Crippen molar-refractivity contribution in [3.63, 3.8) is 0 Å². The van der Waals surface area contributed by atoms with Crippen LogP contribution in [0.15, 0.2) is 35.5 Å². The summed E-state index contributed by atoms with van der Waals surface area (Å²) in [6.45, 7) is 16.6. The van der Waals surface area contributed by atoms with E-state index in [0.29, 0.717) is 11.8 Å². The molecule has 3 saturated carbocycles. The highest BCUT2D eigenvalue weighted by Crippen LogP contribution is 2.60. The third-order valence-corrected chi connectivity index (χ3v) is 12.1. The zero-order valence-corrected chi connectivity index (χ0v) is 30.7. The molecular formula is C43H74O2. The highest BCUT2D eigenvalue weighted by molar-refractivity contribution is 5.69. The minimum atomic E-state index is 0.0100. The molecule has 1 unspecified atom stereocenters. The third-order valence-electron chi connectivity index (χ3n) is 12.1. The van der Waals surface area contributed by atoms with Crippen LogP contribution in [0.3, 0.4) is 0 Å². The van der Waals surface area contributed by atoms with E-state index in [2.05, 4.69) is 53.3 Å². The minimum absolute atomic E-state index is 0.0100. The van der Waals surface area contributed by atoms with E-state index in [1.165, 1.54) is 133 Å². The summed E-state index contributed by atoms with van der Waals surface area (Å²) in [6, 6.07) is 0. The molecule has 3 aliphatic rings. The normalized spacial score (nSPS) is 27.8. The molecule has 0 N–H and O–H groups in total. The Labute approximate surface area is 280 Å². The third kappa shape index (κ3) is 13.0. The summed E-state index contributed by atoms with van der Waals surface area (Å²) >= 11 is 0. The molecule has 0 spiro atoms. The fourth-order valence-electron chi connectivity index (χ4n) is 9.28. The maximum absolute atomic E-state index is 12.7. The molecule has 0 saturated heterocycles. The lowest BCUT2D eigenvalue weighted by atomic mass is 9.60. The van der Waals surface area contributed by atoms with E-state index in [1.807, 2.05) is 0 Å². The number of allylic oxidation sites excluding steroid dienone is 4. The van der Waals surface area contributed by atoms with Gasteiger partial charge in [0.05, 0.1) is 0 Å². The van der Waals surface area contributed by atoms with Crippen LogP contribution in [-0.2, 0) is 9.53 Å². The molecule has 258 valence electrons. The summed E-state index contributed by atoms with van der Waals surface area (Å²) in [6.07, 6.45) is 36.3. The van der Waals surface area contributed by atoms with Gasteiger partial charge in [-0.15, -0.1) is 0 Å². The molecule has 5 atom stereocenters. The van der Waals surface area contributed by atoms with Crippen molar-refractivity contribution < 1.29 is 9.53 Å². The predicted octanol–water partition coefficient (Wildman–Crippen LogP) is 13.7.